The summed E-state index contributed by atoms with van der Waals surface area (Å²) in [5, 5.41) is 0. The van der Waals surface area contributed by atoms with Crippen molar-refractivity contribution in [1.29, 1.82) is 0 Å². The summed E-state index contributed by atoms with van der Waals surface area (Å²) in [4.78, 5) is 0. The molecule has 0 bridgehead atoms. The van der Waals surface area contributed by atoms with Crippen molar-refractivity contribution in [2.45, 2.75) is 0 Å². The van der Waals surface area contributed by atoms with Crippen LogP contribution in [0.2, 0.25) is 0 Å². The van der Waals surface area contributed by atoms with Gasteiger partial charge >= 0.3 is 0 Å². The van der Waals surface area contributed by atoms with Crippen LogP contribution in [0.1, 0.15) is 0 Å². The van der Waals surface area contributed by atoms with Gasteiger partial charge in [0.1, 0.15) is 0 Å². The van der Waals surface area contributed by atoms with Crippen molar-refractivity contribution < 1.29 is 0 Å². The lowest BCUT2D eigenvalue weighted by Gasteiger charge is -2.15. The minimum Gasteiger partial charge on any atom is -0.0610 e. The zero-order valence-corrected chi connectivity index (χ0v) is 43.0. The standard InChI is InChI=1S/C42H22I8/c43-35-11-31(12-36(44)19-35)27-5-25(6-28(9-27)32-13-37(45)20-38(46)14-32)23-2-1-3-24(4-23)26-7-29(33-15-39(47)21-40(48)16-33)10-30(8-26)34-17-41(49)22-42(50)18-34/h1-22H. The Labute approximate surface area is 402 Å². The summed E-state index contributed by atoms with van der Waals surface area (Å²) in [5.74, 6) is 0. The molecule has 0 aliphatic heterocycles. The highest BCUT2D eigenvalue weighted by molar-refractivity contribution is 14.1. The van der Waals surface area contributed by atoms with Crippen LogP contribution in [-0.4, -0.2) is 0 Å². The minimum atomic E-state index is 1.20. The number of rotatable bonds is 6. The number of hydrogen-bond donors (Lipinski definition) is 0. The van der Waals surface area contributed by atoms with E-state index >= 15 is 0 Å². The van der Waals surface area contributed by atoms with Gasteiger partial charge in [-0.15, -0.1) is 0 Å². The zero-order chi connectivity index (χ0) is 35.1. The molecule has 7 rings (SSSR count). The second-order valence-corrected chi connectivity index (χ2v) is 21.8. The normalized spacial score (nSPS) is 11.2. The van der Waals surface area contributed by atoms with Gasteiger partial charge in [-0.3, -0.25) is 0 Å². The largest absolute Gasteiger partial charge is 0.0610 e. The fraction of sp³-hybridized carbons (Fsp3) is 0. The summed E-state index contributed by atoms with van der Waals surface area (Å²) in [6, 6.07) is 50.3. The third-order valence-electron chi connectivity index (χ3n) is 8.18. The number of halogens is 8. The molecule has 0 amide bonds. The average molecular weight is 1540 g/mol. The van der Waals surface area contributed by atoms with Crippen LogP contribution in [0.5, 0.6) is 0 Å². The number of hydrogen-bond acceptors (Lipinski definition) is 0. The topological polar surface area (TPSA) is 0 Å². The predicted octanol–water partition coefficient (Wildman–Crippen LogP) is 16.5. The Kier molecular flexibility index (Phi) is 13.2. The third kappa shape index (κ3) is 9.60. The Morgan fingerprint density at radius 1 is 0.180 bits per heavy atom. The first-order valence-corrected chi connectivity index (χ1v) is 23.9. The van der Waals surface area contributed by atoms with E-state index in [1.165, 1.54) is 95.3 Å². The fourth-order valence-corrected chi connectivity index (χ4v) is 13.8. The second-order valence-electron chi connectivity index (χ2n) is 11.8. The Bertz CT molecular complexity index is 2050. The van der Waals surface area contributed by atoms with E-state index in [1.807, 2.05) is 0 Å². The Hall–Kier alpha value is 0.380. The summed E-state index contributed by atoms with van der Waals surface area (Å²) < 4.78 is 9.92. The van der Waals surface area contributed by atoms with Crippen molar-refractivity contribution in [3.8, 4) is 66.8 Å². The molecule has 0 aromatic heterocycles. The molecule has 0 unspecified atom stereocenters. The van der Waals surface area contributed by atoms with Crippen LogP contribution in [0.4, 0.5) is 0 Å². The summed E-state index contributed by atoms with van der Waals surface area (Å²) in [6.07, 6.45) is 0. The third-order valence-corrected chi connectivity index (χ3v) is 13.2. The first kappa shape index (κ1) is 38.6. The molecule has 7 aromatic carbocycles. The molecular weight excluding hydrogens is 1520 g/mol. The lowest BCUT2D eigenvalue weighted by Crippen LogP contribution is -1.90. The molecular formula is C42H22I8. The molecule has 50 heavy (non-hydrogen) atoms. The number of benzene rings is 7. The van der Waals surface area contributed by atoms with Crippen molar-refractivity contribution in [2.75, 3.05) is 0 Å². The quantitative estimate of drug-likeness (QED) is 0.146. The molecule has 8 heteroatoms. The Morgan fingerprint density at radius 2 is 0.340 bits per heavy atom. The van der Waals surface area contributed by atoms with Crippen LogP contribution >= 0.6 is 181 Å². The van der Waals surface area contributed by atoms with Crippen LogP contribution in [0.3, 0.4) is 0 Å². The van der Waals surface area contributed by atoms with Crippen molar-refractivity contribution in [1.82, 2.24) is 0 Å². The molecule has 0 fully saturated rings. The van der Waals surface area contributed by atoms with E-state index in [9.17, 15) is 0 Å². The van der Waals surface area contributed by atoms with Crippen LogP contribution in [0.15, 0.2) is 133 Å². The highest BCUT2D eigenvalue weighted by Crippen LogP contribution is 2.39. The van der Waals surface area contributed by atoms with E-state index in [1.54, 1.807) is 0 Å². The van der Waals surface area contributed by atoms with Gasteiger partial charge in [-0.05, 0) is 363 Å². The zero-order valence-electron chi connectivity index (χ0n) is 25.7. The van der Waals surface area contributed by atoms with Crippen LogP contribution in [0, 0.1) is 28.6 Å². The maximum absolute atomic E-state index is 2.43. The van der Waals surface area contributed by atoms with Crippen LogP contribution in [-0.2, 0) is 0 Å². The van der Waals surface area contributed by atoms with Crippen molar-refractivity contribution in [3.05, 3.63) is 162 Å². The highest BCUT2D eigenvalue weighted by Gasteiger charge is 2.13. The minimum absolute atomic E-state index is 1.20. The Balaban J connectivity index is 1.41. The summed E-state index contributed by atoms with van der Waals surface area (Å²) >= 11 is 19.4. The molecule has 0 saturated heterocycles. The van der Waals surface area contributed by atoms with E-state index in [2.05, 4.69) is 314 Å². The first-order chi connectivity index (χ1) is 23.9. The lowest BCUT2D eigenvalue weighted by molar-refractivity contribution is 1.51. The van der Waals surface area contributed by atoms with Crippen molar-refractivity contribution in [3.63, 3.8) is 0 Å². The molecule has 246 valence electrons. The summed E-state index contributed by atoms with van der Waals surface area (Å²) in [7, 11) is 0. The Morgan fingerprint density at radius 3 is 0.560 bits per heavy atom. The molecule has 0 heterocycles. The van der Waals surface area contributed by atoms with Gasteiger partial charge in [-0.2, -0.15) is 0 Å². The van der Waals surface area contributed by atoms with Gasteiger partial charge in [-0.25, -0.2) is 0 Å². The monoisotopic (exact) mass is 1540 g/mol. The molecule has 0 N–H and O–H groups in total. The van der Waals surface area contributed by atoms with Gasteiger partial charge in [0.15, 0.2) is 0 Å². The van der Waals surface area contributed by atoms with E-state index in [-0.39, 0.29) is 0 Å². The van der Waals surface area contributed by atoms with Crippen molar-refractivity contribution in [2.24, 2.45) is 0 Å². The molecule has 0 atom stereocenters. The van der Waals surface area contributed by atoms with E-state index in [0.717, 1.165) is 0 Å². The lowest BCUT2D eigenvalue weighted by atomic mass is 9.90. The van der Waals surface area contributed by atoms with E-state index in [4.69, 9.17) is 0 Å². The molecule has 0 radical (unpaired) electrons. The summed E-state index contributed by atoms with van der Waals surface area (Å²) in [6.45, 7) is 0. The van der Waals surface area contributed by atoms with Crippen molar-refractivity contribution >= 4 is 181 Å². The maximum atomic E-state index is 2.43. The van der Waals surface area contributed by atoms with Gasteiger partial charge < -0.3 is 0 Å². The van der Waals surface area contributed by atoms with E-state index < -0.39 is 0 Å². The van der Waals surface area contributed by atoms with Gasteiger partial charge in [0, 0.05) is 28.6 Å². The fourth-order valence-electron chi connectivity index (χ4n) is 6.02. The molecule has 0 aliphatic carbocycles. The SMILES string of the molecule is Ic1cc(I)cc(-c2cc(-c3cc(I)cc(I)c3)cc(-c3cccc(-c4cc(-c5cc(I)cc(I)c5)cc(-c5cc(I)cc(I)c5)c4)c3)c2)c1. The van der Waals surface area contributed by atoms with Crippen LogP contribution < -0.4 is 0 Å². The molecule has 0 nitrogen and oxygen atoms in total. The van der Waals surface area contributed by atoms with Gasteiger partial charge in [0.2, 0.25) is 0 Å². The van der Waals surface area contributed by atoms with Crippen LogP contribution in [0.25, 0.3) is 66.8 Å². The maximum Gasteiger partial charge on any atom is 0.0147 e. The molecule has 7 aromatic rings. The highest BCUT2D eigenvalue weighted by atomic mass is 127. The van der Waals surface area contributed by atoms with E-state index in [0.29, 0.717) is 0 Å². The van der Waals surface area contributed by atoms with Gasteiger partial charge in [0.25, 0.3) is 0 Å². The first-order valence-electron chi connectivity index (χ1n) is 15.2. The molecule has 0 aliphatic rings. The summed E-state index contributed by atoms with van der Waals surface area (Å²) in [5.41, 5.74) is 14.6. The average Bonchev–Trinajstić information content (AvgIpc) is 3.06. The van der Waals surface area contributed by atoms with Gasteiger partial charge in [-0.1, -0.05) is 18.2 Å². The van der Waals surface area contributed by atoms with Gasteiger partial charge in [0.05, 0.1) is 0 Å². The smallest absolute Gasteiger partial charge is 0.0147 e. The molecule has 0 spiro atoms. The predicted molar refractivity (Wildman–Crippen MR) is 281 cm³/mol. The second kappa shape index (κ2) is 17.0. The molecule has 0 saturated carbocycles.